The van der Waals surface area contributed by atoms with Crippen LogP contribution >= 0.6 is 0 Å². The van der Waals surface area contributed by atoms with Crippen LogP contribution in [0, 0.1) is 5.41 Å². The number of rotatable bonds is 2. The molecule has 2 aliphatic heterocycles. The number of ether oxygens (including phenoxy) is 2. The first-order chi connectivity index (χ1) is 11.9. The summed E-state index contributed by atoms with van der Waals surface area (Å²) in [6, 6.07) is 5.35. The van der Waals surface area contributed by atoms with Crippen molar-refractivity contribution in [1.29, 1.82) is 0 Å². The number of benzene rings is 1. The second kappa shape index (κ2) is 6.92. The van der Waals surface area contributed by atoms with Crippen LogP contribution in [0.4, 0.5) is 0 Å². The van der Waals surface area contributed by atoms with Gasteiger partial charge < -0.3 is 25.3 Å². The van der Waals surface area contributed by atoms with Crippen LogP contribution in [0.5, 0.6) is 5.75 Å². The molecular weight excluding hydrogens is 322 g/mol. The lowest BCUT2D eigenvalue weighted by Gasteiger charge is -2.38. The Hall–Kier alpha value is -2.28. The predicted molar refractivity (Wildman–Crippen MR) is 92.6 cm³/mol. The molecule has 3 rings (SSSR count). The van der Waals surface area contributed by atoms with Gasteiger partial charge >= 0.3 is 0 Å². The van der Waals surface area contributed by atoms with Crippen LogP contribution in [0.1, 0.15) is 37.8 Å². The number of carbonyl (C=O) groups excluding carboxylic acids is 1. The second-order valence-electron chi connectivity index (χ2n) is 7.07. The molecule has 1 aromatic carbocycles. The Morgan fingerprint density at radius 2 is 2.12 bits per heavy atom. The standard InChI is InChI=1S/C18H25N3O4/c1-12-11-25-15-9-13(16(19)20-23)3-4-14(15)10-21(12)17(22)18(2)5-7-24-8-6-18/h3-4,9,12,23H,5-8,10-11H2,1-2H3,(H2,19,20). The number of nitrogens with two attached hydrogens (primary N) is 1. The maximum atomic E-state index is 13.2. The molecule has 2 heterocycles. The van der Waals surface area contributed by atoms with Crippen molar-refractivity contribution in [3.63, 3.8) is 0 Å². The van der Waals surface area contributed by atoms with Gasteiger partial charge in [0, 0.05) is 30.9 Å². The van der Waals surface area contributed by atoms with E-state index in [0.717, 1.165) is 18.4 Å². The third-order valence-electron chi connectivity index (χ3n) is 5.20. The van der Waals surface area contributed by atoms with Crippen molar-refractivity contribution in [2.24, 2.45) is 16.3 Å². The zero-order valence-electron chi connectivity index (χ0n) is 14.7. The lowest BCUT2D eigenvalue weighted by molar-refractivity contribution is -0.149. The van der Waals surface area contributed by atoms with Crippen LogP contribution in [0.2, 0.25) is 0 Å². The average Bonchev–Trinajstić information content (AvgIpc) is 2.79. The first-order valence-electron chi connectivity index (χ1n) is 8.57. The van der Waals surface area contributed by atoms with Crippen molar-refractivity contribution in [2.45, 2.75) is 39.3 Å². The summed E-state index contributed by atoms with van der Waals surface area (Å²) in [6.07, 6.45) is 1.48. The lowest BCUT2D eigenvalue weighted by atomic mass is 9.80. The summed E-state index contributed by atoms with van der Waals surface area (Å²) in [5.41, 5.74) is 6.78. The highest BCUT2D eigenvalue weighted by molar-refractivity contribution is 5.97. The molecule has 0 aliphatic carbocycles. The fourth-order valence-corrected chi connectivity index (χ4v) is 3.33. The van der Waals surface area contributed by atoms with Crippen molar-refractivity contribution in [3.05, 3.63) is 29.3 Å². The highest BCUT2D eigenvalue weighted by Gasteiger charge is 2.40. The third-order valence-corrected chi connectivity index (χ3v) is 5.20. The van der Waals surface area contributed by atoms with Gasteiger partial charge in [-0.2, -0.15) is 0 Å². The molecule has 25 heavy (non-hydrogen) atoms. The van der Waals surface area contributed by atoms with Crippen molar-refractivity contribution in [2.75, 3.05) is 19.8 Å². The van der Waals surface area contributed by atoms with E-state index in [1.54, 1.807) is 12.1 Å². The van der Waals surface area contributed by atoms with Crippen LogP contribution in [0.25, 0.3) is 0 Å². The quantitative estimate of drug-likeness (QED) is 0.367. The number of hydrogen-bond acceptors (Lipinski definition) is 5. The molecule has 1 fully saturated rings. The van der Waals surface area contributed by atoms with Crippen LogP contribution < -0.4 is 10.5 Å². The highest BCUT2D eigenvalue weighted by atomic mass is 16.5. The second-order valence-corrected chi connectivity index (χ2v) is 7.07. The smallest absolute Gasteiger partial charge is 0.229 e. The third kappa shape index (κ3) is 3.42. The summed E-state index contributed by atoms with van der Waals surface area (Å²) in [5, 5.41) is 11.9. The van der Waals surface area contributed by atoms with Gasteiger partial charge in [0.25, 0.3) is 0 Å². The Morgan fingerprint density at radius 3 is 2.80 bits per heavy atom. The number of oxime groups is 1. The van der Waals surface area contributed by atoms with E-state index in [2.05, 4.69) is 5.16 Å². The summed E-state index contributed by atoms with van der Waals surface area (Å²) in [4.78, 5) is 15.1. The van der Waals surface area contributed by atoms with E-state index in [0.29, 0.717) is 37.7 Å². The molecular formula is C18H25N3O4. The maximum absolute atomic E-state index is 13.2. The lowest BCUT2D eigenvalue weighted by Crippen LogP contribution is -2.49. The molecule has 7 heteroatoms. The van der Waals surface area contributed by atoms with E-state index in [1.165, 1.54) is 0 Å². The average molecular weight is 347 g/mol. The van der Waals surface area contributed by atoms with Crippen molar-refractivity contribution in [1.82, 2.24) is 4.90 Å². The fraction of sp³-hybridized carbons (Fsp3) is 0.556. The van der Waals surface area contributed by atoms with Crippen LogP contribution in [-0.2, 0) is 16.1 Å². The van der Waals surface area contributed by atoms with Crippen molar-refractivity contribution < 1.29 is 19.5 Å². The summed E-state index contributed by atoms with van der Waals surface area (Å²) >= 11 is 0. The molecule has 0 spiro atoms. The number of amidine groups is 1. The number of carbonyl (C=O) groups is 1. The molecule has 1 unspecified atom stereocenters. The van der Waals surface area contributed by atoms with Gasteiger partial charge in [0.1, 0.15) is 12.4 Å². The molecule has 1 saturated heterocycles. The summed E-state index contributed by atoms with van der Waals surface area (Å²) in [5.74, 6) is 0.856. The van der Waals surface area contributed by atoms with Crippen molar-refractivity contribution in [3.8, 4) is 5.75 Å². The molecule has 0 radical (unpaired) electrons. The monoisotopic (exact) mass is 347 g/mol. The summed E-state index contributed by atoms with van der Waals surface area (Å²) in [7, 11) is 0. The topological polar surface area (TPSA) is 97.4 Å². The van der Waals surface area contributed by atoms with Gasteiger partial charge in [0.05, 0.1) is 11.5 Å². The minimum atomic E-state index is -0.384. The Labute approximate surface area is 147 Å². The molecule has 1 amide bonds. The van der Waals surface area contributed by atoms with Gasteiger partial charge in [0.2, 0.25) is 5.91 Å². The predicted octanol–water partition coefficient (Wildman–Crippen LogP) is 1.71. The number of amides is 1. The van der Waals surface area contributed by atoms with Crippen LogP contribution in [0.15, 0.2) is 23.4 Å². The summed E-state index contributed by atoms with van der Waals surface area (Å²) < 4.78 is 11.3. The van der Waals surface area contributed by atoms with E-state index in [-0.39, 0.29) is 23.2 Å². The number of nitrogens with zero attached hydrogens (tertiary/aromatic N) is 2. The molecule has 0 saturated carbocycles. The van der Waals surface area contributed by atoms with E-state index < -0.39 is 0 Å². The zero-order chi connectivity index (χ0) is 18.0. The highest BCUT2D eigenvalue weighted by Crippen LogP contribution is 2.35. The van der Waals surface area contributed by atoms with Gasteiger partial charge in [-0.15, -0.1) is 0 Å². The van der Waals surface area contributed by atoms with Crippen LogP contribution in [0.3, 0.4) is 0 Å². The van der Waals surface area contributed by atoms with Gasteiger partial charge in [-0.25, -0.2) is 0 Å². The SMILES string of the molecule is CC1COc2cc(/C(N)=N/O)ccc2CN1C(=O)C1(C)CCOCC1. The van der Waals surface area contributed by atoms with Gasteiger partial charge in [0.15, 0.2) is 5.84 Å². The molecule has 136 valence electrons. The van der Waals surface area contributed by atoms with E-state index in [1.807, 2.05) is 24.8 Å². The number of fused-ring (bicyclic) bond motifs is 1. The molecule has 3 N–H and O–H groups in total. The normalized spacial score (nSPS) is 23.4. The number of hydrogen-bond donors (Lipinski definition) is 2. The first-order valence-corrected chi connectivity index (χ1v) is 8.57. The molecule has 0 aromatic heterocycles. The van der Waals surface area contributed by atoms with Gasteiger partial charge in [-0.05, 0) is 25.8 Å². The Bertz CT molecular complexity index is 683. The van der Waals surface area contributed by atoms with Gasteiger partial charge in [-0.1, -0.05) is 24.2 Å². The zero-order valence-corrected chi connectivity index (χ0v) is 14.7. The molecule has 1 aromatic rings. The van der Waals surface area contributed by atoms with E-state index in [4.69, 9.17) is 20.4 Å². The Morgan fingerprint density at radius 1 is 1.40 bits per heavy atom. The Balaban J connectivity index is 1.86. The summed E-state index contributed by atoms with van der Waals surface area (Å²) in [6.45, 7) is 6.17. The van der Waals surface area contributed by atoms with Crippen molar-refractivity contribution >= 4 is 11.7 Å². The Kier molecular flexibility index (Phi) is 4.85. The van der Waals surface area contributed by atoms with E-state index in [9.17, 15) is 4.79 Å². The van der Waals surface area contributed by atoms with E-state index >= 15 is 0 Å². The largest absolute Gasteiger partial charge is 0.491 e. The molecule has 7 nitrogen and oxygen atoms in total. The molecule has 0 bridgehead atoms. The minimum absolute atomic E-state index is 0.0337. The molecule has 1 atom stereocenters. The van der Waals surface area contributed by atoms with Crippen LogP contribution in [-0.4, -0.2) is 47.7 Å². The first kappa shape index (κ1) is 17.5. The fourth-order valence-electron chi connectivity index (χ4n) is 3.33. The molecule has 2 aliphatic rings. The maximum Gasteiger partial charge on any atom is 0.229 e. The van der Waals surface area contributed by atoms with Gasteiger partial charge in [-0.3, -0.25) is 4.79 Å². The minimum Gasteiger partial charge on any atom is -0.491 e.